The minimum absolute atomic E-state index is 0.0760. The molecule has 1 N–H and O–H groups in total. The Labute approximate surface area is 145 Å². The molecule has 1 aromatic carbocycles. The first-order chi connectivity index (χ1) is 12.2. The number of benzene rings is 1. The number of amides is 1. The zero-order valence-electron chi connectivity index (χ0n) is 14.0. The summed E-state index contributed by atoms with van der Waals surface area (Å²) < 4.78 is 16.4. The van der Waals surface area contributed by atoms with E-state index in [1.807, 2.05) is 12.1 Å². The Balaban J connectivity index is 1.41. The number of fused-ring (bicyclic) bond motifs is 3. The van der Waals surface area contributed by atoms with Crippen LogP contribution in [-0.4, -0.2) is 31.8 Å². The highest BCUT2D eigenvalue weighted by Gasteiger charge is 2.20. The summed E-state index contributed by atoms with van der Waals surface area (Å²) in [7, 11) is 0. The molecule has 1 saturated heterocycles. The summed E-state index contributed by atoms with van der Waals surface area (Å²) in [5, 5.41) is 3.77. The van der Waals surface area contributed by atoms with Gasteiger partial charge in [0.25, 0.3) is 5.91 Å². The van der Waals surface area contributed by atoms with Gasteiger partial charge in [-0.05, 0) is 49.8 Å². The molecule has 2 heterocycles. The van der Waals surface area contributed by atoms with E-state index < -0.39 is 0 Å². The van der Waals surface area contributed by atoms with E-state index in [-0.39, 0.29) is 24.2 Å². The van der Waals surface area contributed by atoms with E-state index in [2.05, 4.69) is 5.32 Å². The highest BCUT2D eigenvalue weighted by molar-refractivity contribution is 5.83. The van der Waals surface area contributed by atoms with E-state index in [4.69, 9.17) is 13.9 Å². The molecule has 1 fully saturated rings. The number of carbonyl (C=O) groups is 1. The zero-order chi connectivity index (χ0) is 17.2. The van der Waals surface area contributed by atoms with Crippen LogP contribution in [0.5, 0.6) is 5.75 Å². The van der Waals surface area contributed by atoms with Crippen molar-refractivity contribution in [3.63, 3.8) is 0 Å². The number of hydrogen-bond donors (Lipinski definition) is 1. The smallest absolute Gasteiger partial charge is 0.339 e. The third-order valence-electron chi connectivity index (χ3n) is 4.87. The minimum Gasteiger partial charge on any atom is -0.484 e. The molecule has 0 saturated carbocycles. The zero-order valence-corrected chi connectivity index (χ0v) is 14.0. The molecule has 1 atom stereocenters. The molecule has 0 bridgehead atoms. The summed E-state index contributed by atoms with van der Waals surface area (Å²) in [4.78, 5) is 23.9. The van der Waals surface area contributed by atoms with E-state index in [9.17, 15) is 9.59 Å². The van der Waals surface area contributed by atoms with E-state index in [0.717, 1.165) is 55.2 Å². The van der Waals surface area contributed by atoms with Gasteiger partial charge in [-0.15, -0.1) is 0 Å². The van der Waals surface area contributed by atoms with Gasteiger partial charge < -0.3 is 19.2 Å². The number of nitrogens with one attached hydrogen (secondary N) is 1. The van der Waals surface area contributed by atoms with Crippen molar-refractivity contribution in [1.29, 1.82) is 0 Å². The summed E-state index contributed by atoms with van der Waals surface area (Å²) in [5.74, 6) is 0.326. The lowest BCUT2D eigenvalue weighted by molar-refractivity contribution is -0.123. The number of aryl methyl sites for hydroxylation is 1. The molecule has 0 spiro atoms. The van der Waals surface area contributed by atoms with E-state index in [1.165, 1.54) is 0 Å². The first kappa shape index (κ1) is 16.1. The lowest BCUT2D eigenvalue weighted by Crippen LogP contribution is -2.35. The Hall–Kier alpha value is -2.34. The molecule has 0 radical (unpaired) electrons. The minimum atomic E-state index is -0.258. The molecule has 1 aliphatic heterocycles. The highest BCUT2D eigenvalue weighted by Crippen LogP contribution is 2.29. The standard InChI is InChI=1S/C19H21NO5/c21-18(20-10-13-3-2-8-23-13)11-24-12-6-7-15-14-4-1-5-16(14)19(22)25-17(15)9-12/h6-7,9,13H,1-5,8,10-11H2,(H,20,21). The van der Waals surface area contributed by atoms with Crippen LogP contribution < -0.4 is 15.7 Å². The molecule has 1 unspecified atom stereocenters. The lowest BCUT2D eigenvalue weighted by atomic mass is 10.1. The molecule has 6 nitrogen and oxygen atoms in total. The van der Waals surface area contributed by atoms with Gasteiger partial charge in [0.2, 0.25) is 0 Å². The van der Waals surface area contributed by atoms with Crippen molar-refractivity contribution in [3.05, 3.63) is 39.7 Å². The molecule has 1 aromatic heterocycles. The van der Waals surface area contributed by atoms with E-state index >= 15 is 0 Å². The topological polar surface area (TPSA) is 77.8 Å². The molecule has 4 rings (SSSR count). The molecular weight excluding hydrogens is 322 g/mol. The monoisotopic (exact) mass is 343 g/mol. The molecule has 25 heavy (non-hydrogen) atoms. The van der Waals surface area contributed by atoms with Gasteiger partial charge >= 0.3 is 5.63 Å². The van der Waals surface area contributed by atoms with Gasteiger partial charge in [-0.1, -0.05) is 0 Å². The number of hydrogen-bond acceptors (Lipinski definition) is 5. The number of rotatable bonds is 5. The van der Waals surface area contributed by atoms with E-state index in [0.29, 0.717) is 17.9 Å². The van der Waals surface area contributed by atoms with Gasteiger partial charge in [-0.2, -0.15) is 0 Å². The number of ether oxygens (including phenoxy) is 2. The third-order valence-corrected chi connectivity index (χ3v) is 4.87. The average Bonchev–Trinajstić information content (AvgIpc) is 3.29. The first-order valence-corrected chi connectivity index (χ1v) is 8.80. The van der Waals surface area contributed by atoms with Crippen LogP contribution in [0.15, 0.2) is 27.4 Å². The van der Waals surface area contributed by atoms with Crippen molar-refractivity contribution in [2.75, 3.05) is 19.8 Å². The first-order valence-electron chi connectivity index (χ1n) is 8.80. The van der Waals surface area contributed by atoms with Gasteiger partial charge in [0.15, 0.2) is 6.61 Å². The van der Waals surface area contributed by atoms with Crippen LogP contribution >= 0.6 is 0 Å². The van der Waals surface area contributed by atoms with Gasteiger partial charge in [-0.25, -0.2) is 4.79 Å². The fourth-order valence-electron chi connectivity index (χ4n) is 3.59. The maximum atomic E-state index is 12.0. The molecule has 6 heteroatoms. The van der Waals surface area contributed by atoms with Crippen LogP contribution in [-0.2, 0) is 22.4 Å². The van der Waals surface area contributed by atoms with Crippen molar-refractivity contribution >= 4 is 16.9 Å². The lowest BCUT2D eigenvalue weighted by Gasteiger charge is -2.12. The molecule has 2 aliphatic rings. The molecule has 1 amide bonds. The van der Waals surface area contributed by atoms with Crippen LogP contribution in [0.3, 0.4) is 0 Å². The average molecular weight is 343 g/mol. The second kappa shape index (κ2) is 6.88. The van der Waals surface area contributed by atoms with Crippen molar-refractivity contribution in [2.45, 2.75) is 38.2 Å². The maximum Gasteiger partial charge on any atom is 0.339 e. The Morgan fingerprint density at radius 1 is 1.24 bits per heavy atom. The molecular formula is C19H21NO5. The van der Waals surface area contributed by atoms with E-state index in [1.54, 1.807) is 6.07 Å². The van der Waals surface area contributed by atoms with Crippen molar-refractivity contribution in [1.82, 2.24) is 5.32 Å². The predicted molar refractivity (Wildman–Crippen MR) is 92.0 cm³/mol. The Bertz CT molecular complexity index is 851. The van der Waals surface area contributed by atoms with Crippen molar-refractivity contribution < 1.29 is 18.7 Å². The van der Waals surface area contributed by atoms with Crippen LogP contribution in [0.25, 0.3) is 11.0 Å². The predicted octanol–water partition coefficient (Wildman–Crippen LogP) is 1.96. The van der Waals surface area contributed by atoms with Crippen molar-refractivity contribution in [3.8, 4) is 5.75 Å². The summed E-state index contributed by atoms with van der Waals surface area (Å²) in [6.45, 7) is 1.21. The Morgan fingerprint density at radius 3 is 2.96 bits per heavy atom. The molecule has 132 valence electrons. The summed E-state index contributed by atoms with van der Waals surface area (Å²) in [6.07, 6.45) is 4.82. The summed E-state index contributed by atoms with van der Waals surface area (Å²) in [6, 6.07) is 5.40. The molecule has 2 aromatic rings. The largest absolute Gasteiger partial charge is 0.484 e. The quantitative estimate of drug-likeness (QED) is 0.840. The second-order valence-electron chi connectivity index (χ2n) is 6.59. The van der Waals surface area contributed by atoms with Gasteiger partial charge in [0, 0.05) is 30.2 Å². The fourth-order valence-corrected chi connectivity index (χ4v) is 3.59. The van der Waals surface area contributed by atoms with Crippen LogP contribution in [0.4, 0.5) is 0 Å². The normalized spacial score (nSPS) is 19.1. The summed E-state index contributed by atoms with van der Waals surface area (Å²) in [5.41, 5.74) is 2.15. The Kier molecular flexibility index (Phi) is 4.44. The van der Waals surface area contributed by atoms with Crippen LogP contribution in [0, 0.1) is 0 Å². The third kappa shape index (κ3) is 3.39. The fraction of sp³-hybridized carbons (Fsp3) is 0.474. The SMILES string of the molecule is O=C(COc1ccc2c3c(c(=O)oc2c1)CCC3)NCC1CCCO1. The van der Waals surface area contributed by atoms with Gasteiger partial charge in [-0.3, -0.25) is 4.79 Å². The Morgan fingerprint density at radius 2 is 2.12 bits per heavy atom. The van der Waals surface area contributed by atoms with Gasteiger partial charge in [0.1, 0.15) is 11.3 Å². The number of carbonyl (C=O) groups excluding carboxylic acids is 1. The molecule has 1 aliphatic carbocycles. The maximum absolute atomic E-state index is 12.0. The van der Waals surface area contributed by atoms with Crippen molar-refractivity contribution in [2.24, 2.45) is 0 Å². The summed E-state index contributed by atoms with van der Waals surface area (Å²) >= 11 is 0. The van der Waals surface area contributed by atoms with Crippen LogP contribution in [0.1, 0.15) is 30.4 Å². The highest BCUT2D eigenvalue weighted by atomic mass is 16.5. The second-order valence-corrected chi connectivity index (χ2v) is 6.59. The van der Waals surface area contributed by atoms with Crippen LogP contribution in [0.2, 0.25) is 0 Å². The van der Waals surface area contributed by atoms with Gasteiger partial charge in [0.05, 0.1) is 6.10 Å².